The highest BCUT2D eigenvalue weighted by atomic mass is 32.2. The lowest BCUT2D eigenvalue weighted by Gasteiger charge is -2.19. The van der Waals surface area contributed by atoms with Crippen molar-refractivity contribution in [1.82, 2.24) is 5.32 Å². The van der Waals surface area contributed by atoms with Crippen molar-refractivity contribution < 1.29 is 17.6 Å². The van der Waals surface area contributed by atoms with Crippen LogP contribution in [0, 0.1) is 5.82 Å². The van der Waals surface area contributed by atoms with Gasteiger partial charge in [0.25, 0.3) is 15.9 Å². The standard InChI is InChI=1S/C24H25FN2O3S/c1-17(2)19-9-7-18(8-10-19)16-26-24(28)20-5-4-6-23(15-20)31(29,30)27(3)22-13-11-21(25)12-14-22/h4-15,17H,16H2,1-3H3,(H,26,28). The molecule has 0 heterocycles. The molecule has 1 amide bonds. The zero-order chi connectivity index (χ0) is 22.6. The Kier molecular flexibility index (Phi) is 6.75. The van der Waals surface area contributed by atoms with Crippen LogP contribution in [0.5, 0.6) is 0 Å². The second kappa shape index (κ2) is 9.31. The van der Waals surface area contributed by atoms with Gasteiger partial charge in [0.2, 0.25) is 0 Å². The number of benzene rings is 3. The lowest BCUT2D eigenvalue weighted by Crippen LogP contribution is -2.27. The SMILES string of the molecule is CC(C)c1ccc(CNC(=O)c2cccc(S(=O)(=O)N(C)c3ccc(F)cc3)c2)cc1. The normalized spacial score (nSPS) is 11.4. The largest absolute Gasteiger partial charge is 0.348 e. The van der Waals surface area contributed by atoms with Crippen LogP contribution in [0.4, 0.5) is 10.1 Å². The summed E-state index contributed by atoms with van der Waals surface area (Å²) in [6.45, 7) is 4.57. The van der Waals surface area contributed by atoms with Crippen molar-refractivity contribution in [2.75, 3.05) is 11.4 Å². The molecular formula is C24H25FN2O3S. The van der Waals surface area contributed by atoms with Crippen molar-refractivity contribution in [3.63, 3.8) is 0 Å². The van der Waals surface area contributed by atoms with E-state index in [1.807, 2.05) is 24.3 Å². The van der Waals surface area contributed by atoms with Crippen LogP contribution in [-0.4, -0.2) is 21.4 Å². The maximum atomic E-state index is 13.1. The number of halogens is 1. The second-order valence-electron chi connectivity index (χ2n) is 7.56. The topological polar surface area (TPSA) is 66.5 Å². The molecule has 0 spiro atoms. The molecule has 0 aromatic heterocycles. The first-order valence-electron chi connectivity index (χ1n) is 9.90. The van der Waals surface area contributed by atoms with Gasteiger partial charge in [0.1, 0.15) is 5.82 Å². The number of sulfonamides is 1. The van der Waals surface area contributed by atoms with E-state index >= 15 is 0 Å². The highest BCUT2D eigenvalue weighted by molar-refractivity contribution is 7.92. The number of amides is 1. The number of carbonyl (C=O) groups excluding carboxylic acids is 1. The number of anilines is 1. The fourth-order valence-corrected chi connectivity index (χ4v) is 4.29. The van der Waals surface area contributed by atoms with Gasteiger partial charge < -0.3 is 5.32 Å². The predicted octanol–water partition coefficient (Wildman–Crippen LogP) is 4.70. The van der Waals surface area contributed by atoms with Crippen LogP contribution in [0.25, 0.3) is 0 Å². The van der Waals surface area contributed by atoms with Gasteiger partial charge in [-0.2, -0.15) is 0 Å². The van der Waals surface area contributed by atoms with Gasteiger partial charge in [-0.1, -0.05) is 44.2 Å². The van der Waals surface area contributed by atoms with Gasteiger partial charge >= 0.3 is 0 Å². The van der Waals surface area contributed by atoms with Crippen molar-refractivity contribution in [2.45, 2.75) is 31.2 Å². The van der Waals surface area contributed by atoms with Gasteiger partial charge in [0.05, 0.1) is 10.6 Å². The molecule has 3 aromatic carbocycles. The second-order valence-corrected chi connectivity index (χ2v) is 9.53. The van der Waals surface area contributed by atoms with Crippen LogP contribution < -0.4 is 9.62 Å². The summed E-state index contributed by atoms with van der Waals surface area (Å²) in [4.78, 5) is 12.6. The zero-order valence-electron chi connectivity index (χ0n) is 17.7. The molecule has 0 aliphatic carbocycles. The Bertz CT molecular complexity index is 1160. The van der Waals surface area contributed by atoms with E-state index in [1.165, 1.54) is 55.1 Å². The van der Waals surface area contributed by atoms with Gasteiger partial charge in [-0.05, 0) is 59.5 Å². The summed E-state index contributed by atoms with van der Waals surface area (Å²) in [5, 5.41) is 2.82. The maximum absolute atomic E-state index is 13.1. The molecule has 0 unspecified atom stereocenters. The molecule has 0 aliphatic heterocycles. The Morgan fingerprint density at radius 3 is 2.26 bits per heavy atom. The molecule has 0 atom stereocenters. The quantitative estimate of drug-likeness (QED) is 0.579. The Hall–Kier alpha value is -3.19. The van der Waals surface area contributed by atoms with Crippen molar-refractivity contribution >= 4 is 21.6 Å². The van der Waals surface area contributed by atoms with Gasteiger partial charge in [0.15, 0.2) is 0 Å². The third-order valence-corrected chi connectivity index (χ3v) is 6.83. The molecule has 3 rings (SSSR count). The van der Waals surface area contributed by atoms with Crippen LogP contribution in [-0.2, 0) is 16.6 Å². The molecule has 5 nitrogen and oxygen atoms in total. The summed E-state index contributed by atoms with van der Waals surface area (Å²) < 4.78 is 40.1. The number of nitrogens with zero attached hydrogens (tertiary/aromatic N) is 1. The average Bonchev–Trinajstić information content (AvgIpc) is 2.77. The van der Waals surface area contributed by atoms with E-state index in [1.54, 1.807) is 6.07 Å². The van der Waals surface area contributed by atoms with E-state index in [0.717, 1.165) is 9.87 Å². The summed E-state index contributed by atoms with van der Waals surface area (Å²) >= 11 is 0. The third kappa shape index (κ3) is 5.30. The third-order valence-electron chi connectivity index (χ3n) is 5.04. The van der Waals surface area contributed by atoms with Crippen LogP contribution >= 0.6 is 0 Å². The first kappa shape index (κ1) is 22.5. The van der Waals surface area contributed by atoms with Crippen molar-refractivity contribution in [1.29, 1.82) is 0 Å². The number of carbonyl (C=O) groups is 1. The monoisotopic (exact) mass is 440 g/mol. The minimum Gasteiger partial charge on any atom is -0.348 e. The molecule has 0 fully saturated rings. The minimum absolute atomic E-state index is 0.0201. The Labute approximate surface area is 182 Å². The molecular weight excluding hydrogens is 415 g/mol. The first-order valence-corrected chi connectivity index (χ1v) is 11.3. The Morgan fingerprint density at radius 1 is 1.00 bits per heavy atom. The Balaban J connectivity index is 1.74. The summed E-state index contributed by atoms with van der Waals surface area (Å²) in [6, 6.07) is 19.0. The highest BCUT2D eigenvalue weighted by Gasteiger charge is 2.22. The van der Waals surface area contributed by atoms with Crippen LogP contribution in [0.3, 0.4) is 0 Å². The summed E-state index contributed by atoms with van der Waals surface area (Å²) in [5.41, 5.74) is 2.74. The summed E-state index contributed by atoms with van der Waals surface area (Å²) in [5.74, 6) is -0.386. The number of hydrogen-bond acceptors (Lipinski definition) is 3. The van der Waals surface area contributed by atoms with Gasteiger partial charge in [0, 0.05) is 19.2 Å². The van der Waals surface area contributed by atoms with Crippen molar-refractivity contribution in [3.05, 3.63) is 95.3 Å². The predicted molar refractivity (Wildman–Crippen MR) is 120 cm³/mol. The van der Waals surface area contributed by atoms with E-state index in [2.05, 4.69) is 19.2 Å². The number of rotatable bonds is 7. The molecule has 0 bridgehead atoms. The Morgan fingerprint density at radius 2 is 1.65 bits per heavy atom. The summed E-state index contributed by atoms with van der Waals surface area (Å²) in [6.07, 6.45) is 0. The lowest BCUT2D eigenvalue weighted by atomic mass is 10.0. The molecule has 3 aromatic rings. The van der Waals surface area contributed by atoms with Crippen LogP contribution in [0.15, 0.2) is 77.7 Å². The molecule has 0 aliphatic rings. The van der Waals surface area contributed by atoms with E-state index < -0.39 is 15.8 Å². The van der Waals surface area contributed by atoms with Crippen LogP contribution in [0.1, 0.15) is 41.3 Å². The van der Waals surface area contributed by atoms with Gasteiger partial charge in [-0.15, -0.1) is 0 Å². The van der Waals surface area contributed by atoms with Gasteiger partial charge in [-0.3, -0.25) is 9.10 Å². The molecule has 31 heavy (non-hydrogen) atoms. The van der Waals surface area contributed by atoms with Crippen molar-refractivity contribution in [2.24, 2.45) is 0 Å². The van der Waals surface area contributed by atoms with E-state index in [0.29, 0.717) is 18.2 Å². The van der Waals surface area contributed by atoms with E-state index in [9.17, 15) is 17.6 Å². The maximum Gasteiger partial charge on any atom is 0.264 e. The molecule has 7 heteroatoms. The fourth-order valence-electron chi connectivity index (χ4n) is 3.05. The lowest BCUT2D eigenvalue weighted by molar-refractivity contribution is 0.0950. The average molecular weight is 441 g/mol. The van der Waals surface area contributed by atoms with Crippen LogP contribution in [0.2, 0.25) is 0 Å². The number of hydrogen-bond donors (Lipinski definition) is 1. The fraction of sp³-hybridized carbons (Fsp3) is 0.208. The molecule has 0 saturated carbocycles. The smallest absolute Gasteiger partial charge is 0.264 e. The van der Waals surface area contributed by atoms with Crippen molar-refractivity contribution in [3.8, 4) is 0 Å². The molecule has 1 N–H and O–H groups in total. The molecule has 0 radical (unpaired) electrons. The zero-order valence-corrected chi connectivity index (χ0v) is 18.5. The molecule has 0 saturated heterocycles. The first-order chi connectivity index (χ1) is 14.7. The van der Waals surface area contributed by atoms with E-state index in [4.69, 9.17) is 0 Å². The minimum atomic E-state index is -3.91. The highest BCUT2D eigenvalue weighted by Crippen LogP contribution is 2.23. The summed E-state index contributed by atoms with van der Waals surface area (Å²) in [7, 11) is -2.53. The number of nitrogens with one attached hydrogen (secondary N) is 1. The van der Waals surface area contributed by atoms with Gasteiger partial charge in [-0.25, -0.2) is 12.8 Å². The molecule has 162 valence electrons. The van der Waals surface area contributed by atoms with E-state index in [-0.39, 0.29) is 16.4 Å².